The highest BCUT2D eigenvalue weighted by atomic mass is 16.5. The molecule has 108 valence electrons. The Morgan fingerprint density at radius 2 is 2.15 bits per heavy atom. The lowest BCUT2D eigenvalue weighted by molar-refractivity contribution is -0.144. The van der Waals surface area contributed by atoms with E-state index in [2.05, 4.69) is 29.6 Å². The topological polar surface area (TPSA) is 21.3 Å². The number of ether oxygens (including phenoxy) is 1. The molecule has 1 spiro atoms. The van der Waals surface area contributed by atoms with Crippen molar-refractivity contribution in [2.24, 2.45) is 5.92 Å². The van der Waals surface area contributed by atoms with E-state index in [1.54, 1.807) is 5.56 Å². The number of fused-ring (bicyclic) bond motifs is 1. The van der Waals surface area contributed by atoms with Gasteiger partial charge in [-0.3, -0.25) is 0 Å². The lowest BCUT2D eigenvalue weighted by atomic mass is 9.69. The Labute approximate surface area is 121 Å². The Hall–Kier alpha value is -0.860. The molecule has 2 fully saturated rings. The second kappa shape index (κ2) is 5.16. The molecule has 0 aromatic heterocycles. The molecule has 0 amide bonds. The maximum atomic E-state index is 6.07. The molecular weight excluding hydrogens is 246 g/mol. The second-order valence-corrected chi connectivity index (χ2v) is 7.01. The number of benzene rings is 1. The van der Waals surface area contributed by atoms with E-state index in [1.165, 1.54) is 44.1 Å². The van der Waals surface area contributed by atoms with E-state index < -0.39 is 0 Å². The van der Waals surface area contributed by atoms with Crippen LogP contribution in [-0.4, -0.2) is 18.8 Å². The Bertz CT molecular complexity index is 480. The molecular formula is C18H25NO. The lowest BCUT2D eigenvalue weighted by Gasteiger charge is -2.48. The predicted octanol–water partition coefficient (Wildman–Crippen LogP) is 3.61. The van der Waals surface area contributed by atoms with Gasteiger partial charge in [0.1, 0.15) is 0 Å². The zero-order chi connectivity index (χ0) is 13.4. The third-order valence-corrected chi connectivity index (χ3v) is 5.68. The third kappa shape index (κ3) is 2.29. The van der Waals surface area contributed by atoms with Crippen LogP contribution in [0.1, 0.15) is 55.6 Å². The molecule has 2 nitrogen and oxygen atoms in total. The molecule has 3 aliphatic rings. The van der Waals surface area contributed by atoms with Gasteiger partial charge in [0.15, 0.2) is 0 Å². The number of rotatable bonds is 2. The molecule has 2 unspecified atom stereocenters. The van der Waals surface area contributed by atoms with Crippen molar-refractivity contribution in [3.05, 3.63) is 35.4 Å². The molecule has 1 N–H and O–H groups in total. The smallest absolute Gasteiger partial charge is 0.0685 e. The van der Waals surface area contributed by atoms with Crippen LogP contribution in [0.5, 0.6) is 0 Å². The van der Waals surface area contributed by atoms with Crippen LogP contribution in [0.15, 0.2) is 24.3 Å². The van der Waals surface area contributed by atoms with E-state index in [-0.39, 0.29) is 0 Å². The first-order valence-corrected chi connectivity index (χ1v) is 8.27. The Morgan fingerprint density at radius 1 is 1.25 bits per heavy atom. The normalized spacial score (nSPS) is 31.6. The van der Waals surface area contributed by atoms with Gasteiger partial charge in [-0.1, -0.05) is 24.3 Å². The average Bonchev–Trinajstić information content (AvgIpc) is 2.46. The summed E-state index contributed by atoms with van der Waals surface area (Å²) in [5, 5.41) is 3.60. The highest BCUT2D eigenvalue weighted by Crippen LogP contribution is 2.46. The fraction of sp³-hybridized carbons (Fsp3) is 0.667. The zero-order valence-corrected chi connectivity index (χ0v) is 12.2. The van der Waals surface area contributed by atoms with Gasteiger partial charge in [-0.25, -0.2) is 0 Å². The standard InChI is InChI=1S/C18H25NO/c1-2-5-17-15(4-1)12-19-13-16(17)10-14-6-9-20-18(11-14)7-3-8-18/h1-2,4-5,14,16,19H,3,6-13H2. The van der Waals surface area contributed by atoms with Gasteiger partial charge >= 0.3 is 0 Å². The first kappa shape index (κ1) is 12.8. The highest BCUT2D eigenvalue weighted by molar-refractivity contribution is 5.32. The molecule has 0 radical (unpaired) electrons. The van der Waals surface area contributed by atoms with Crippen molar-refractivity contribution in [3.8, 4) is 0 Å². The van der Waals surface area contributed by atoms with Gasteiger partial charge in [-0.2, -0.15) is 0 Å². The summed E-state index contributed by atoms with van der Waals surface area (Å²) in [7, 11) is 0. The van der Waals surface area contributed by atoms with E-state index >= 15 is 0 Å². The molecule has 20 heavy (non-hydrogen) atoms. The van der Waals surface area contributed by atoms with Crippen LogP contribution in [0.25, 0.3) is 0 Å². The summed E-state index contributed by atoms with van der Waals surface area (Å²) in [5.74, 6) is 1.57. The number of hydrogen-bond acceptors (Lipinski definition) is 2. The van der Waals surface area contributed by atoms with Gasteiger partial charge < -0.3 is 10.1 Å². The second-order valence-electron chi connectivity index (χ2n) is 7.01. The van der Waals surface area contributed by atoms with Crippen molar-refractivity contribution >= 4 is 0 Å². The quantitative estimate of drug-likeness (QED) is 0.887. The number of nitrogens with one attached hydrogen (secondary N) is 1. The van der Waals surface area contributed by atoms with Crippen molar-refractivity contribution in [1.29, 1.82) is 0 Å². The number of hydrogen-bond donors (Lipinski definition) is 1. The fourth-order valence-corrected chi connectivity index (χ4v) is 4.45. The largest absolute Gasteiger partial charge is 0.375 e. The van der Waals surface area contributed by atoms with Crippen LogP contribution in [0.3, 0.4) is 0 Å². The van der Waals surface area contributed by atoms with E-state index in [0.717, 1.165) is 25.6 Å². The fourth-order valence-electron chi connectivity index (χ4n) is 4.45. The highest BCUT2D eigenvalue weighted by Gasteiger charge is 2.42. The lowest BCUT2D eigenvalue weighted by Crippen LogP contribution is -2.46. The predicted molar refractivity (Wildman–Crippen MR) is 80.8 cm³/mol. The maximum absolute atomic E-state index is 6.07. The van der Waals surface area contributed by atoms with Gasteiger partial charge in [-0.05, 0) is 61.5 Å². The van der Waals surface area contributed by atoms with Gasteiger partial charge in [0, 0.05) is 19.7 Å². The molecule has 1 saturated heterocycles. The molecule has 2 heteroatoms. The summed E-state index contributed by atoms with van der Waals surface area (Å²) in [6, 6.07) is 9.00. The molecule has 2 heterocycles. The minimum absolute atomic E-state index is 0.296. The zero-order valence-electron chi connectivity index (χ0n) is 12.2. The molecule has 2 aliphatic heterocycles. The third-order valence-electron chi connectivity index (χ3n) is 5.68. The molecule has 2 atom stereocenters. The van der Waals surface area contributed by atoms with Crippen LogP contribution in [0.4, 0.5) is 0 Å². The van der Waals surface area contributed by atoms with Crippen molar-refractivity contribution in [3.63, 3.8) is 0 Å². The van der Waals surface area contributed by atoms with Crippen LogP contribution >= 0.6 is 0 Å². The van der Waals surface area contributed by atoms with Crippen LogP contribution in [0.2, 0.25) is 0 Å². The maximum Gasteiger partial charge on any atom is 0.0685 e. The Morgan fingerprint density at radius 3 is 3.00 bits per heavy atom. The van der Waals surface area contributed by atoms with E-state index in [1.807, 2.05) is 0 Å². The van der Waals surface area contributed by atoms with E-state index in [9.17, 15) is 0 Å². The van der Waals surface area contributed by atoms with Crippen LogP contribution < -0.4 is 5.32 Å². The Kier molecular flexibility index (Phi) is 3.31. The first-order chi connectivity index (χ1) is 9.85. The van der Waals surface area contributed by atoms with Gasteiger partial charge in [-0.15, -0.1) is 0 Å². The molecule has 1 saturated carbocycles. The van der Waals surface area contributed by atoms with Crippen molar-refractivity contribution in [1.82, 2.24) is 5.32 Å². The molecule has 4 rings (SSSR count). The van der Waals surface area contributed by atoms with Gasteiger partial charge in [0.2, 0.25) is 0 Å². The average molecular weight is 271 g/mol. The Balaban J connectivity index is 1.47. The first-order valence-electron chi connectivity index (χ1n) is 8.27. The SMILES string of the molecule is c1ccc2c(c1)CNCC2CC1CCOC2(CCC2)C1. The summed E-state index contributed by atoms with van der Waals surface area (Å²) in [6.07, 6.45) is 7.91. The van der Waals surface area contributed by atoms with E-state index in [0.29, 0.717) is 11.5 Å². The summed E-state index contributed by atoms with van der Waals surface area (Å²) in [5.41, 5.74) is 3.40. The van der Waals surface area contributed by atoms with Gasteiger partial charge in [0.25, 0.3) is 0 Å². The summed E-state index contributed by atoms with van der Waals surface area (Å²) in [6.45, 7) is 3.19. The van der Waals surface area contributed by atoms with Gasteiger partial charge in [0.05, 0.1) is 5.60 Å². The summed E-state index contributed by atoms with van der Waals surface area (Å²) >= 11 is 0. The van der Waals surface area contributed by atoms with Crippen LogP contribution in [-0.2, 0) is 11.3 Å². The minimum Gasteiger partial charge on any atom is -0.375 e. The minimum atomic E-state index is 0.296. The summed E-state index contributed by atoms with van der Waals surface area (Å²) < 4.78 is 6.07. The molecule has 1 aromatic rings. The van der Waals surface area contributed by atoms with E-state index in [4.69, 9.17) is 4.74 Å². The summed E-state index contributed by atoms with van der Waals surface area (Å²) in [4.78, 5) is 0. The van der Waals surface area contributed by atoms with Crippen molar-refractivity contribution in [2.45, 2.75) is 56.6 Å². The monoisotopic (exact) mass is 271 g/mol. The van der Waals surface area contributed by atoms with Crippen molar-refractivity contribution in [2.75, 3.05) is 13.2 Å². The molecule has 1 aromatic carbocycles. The molecule has 0 bridgehead atoms. The van der Waals surface area contributed by atoms with Crippen LogP contribution in [0, 0.1) is 5.92 Å². The van der Waals surface area contributed by atoms with Crippen molar-refractivity contribution < 1.29 is 4.74 Å². The molecule has 1 aliphatic carbocycles.